The van der Waals surface area contributed by atoms with Gasteiger partial charge in [-0.1, -0.05) is 6.92 Å². The van der Waals surface area contributed by atoms with Gasteiger partial charge < -0.3 is 15.7 Å². The van der Waals surface area contributed by atoms with Crippen molar-refractivity contribution in [2.75, 3.05) is 13.1 Å². The van der Waals surface area contributed by atoms with Crippen LogP contribution < -0.4 is 10.6 Å². The molecule has 0 bridgehead atoms. The number of halogens is 2. The van der Waals surface area contributed by atoms with Crippen LogP contribution in [0.5, 0.6) is 0 Å². The number of nitrogens with one attached hydrogen (secondary N) is 2. The number of aliphatic hydroxyl groups is 1. The van der Waals surface area contributed by atoms with E-state index in [-0.39, 0.29) is 11.9 Å². The summed E-state index contributed by atoms with van der Waals surface area (Å²) in [5.74, 6) is -1.07. The predicted octanol–water partition coefficient (Wildman–Crippen LogP) is 2.21. The molecular formula is C15H22F2N2O2. The Morgan fingerprint density at radius 1 is 1.19 bits per heavy atom. The van der Waals surface area contributed by atoms with Crippen molar-refractivity contribution in [3.05, 3.63) is 35.4 Å². The monoisotopic (exact) mass is 300 g/mol. The number of urea groups is 1. The first-order chi connectivity index (χ1) is 9.86. The maximum absolute atomic E-state index is 13.0. The number of hydrogen-bond acceptors (Lipinski definition) is 2. The van der Waals surface area contributed by atoms with Gasteiger partial charge in [0.05, 0.1) is 6.10 Å². The fraction of sp³-hybridized carbons (Fsp3) is 0.533. The second kappa shape index (κ2) is 8.56. The molecule has 0 aromatic heterocycles. The first kappa shape index (κ1) is 17.4. The van der Waals surface area contributed by atoms with E-state index >= 15 is 0 Å². The van der Waals surface area contributed by atoms with Gasteiger partial charge in [0.25, 0.3) is 0 Å². The molecule has 6 heteroatoms. The number of amides is 2. The quantitative estimate of drug-likeness (QED) is 0.723. The smallest absolute Gasteiger partial charge is 0.314 e. The van der Waals surface area contributed by atoms with Crippen LogP contribution in [0, 0.1) is 17.6 Å². The van der Waals surface area contributed by atoms with Crippen molar-refractivity contribution < 1.29 is 18.7 Å². The number of benzene rings is 1. The minimum atomic E-state index is -0.624. The van der Waals surface area contributed by atoms with E-state index in [1.165, 1.54) is 12.1 Å². The lowest BCUT2D eigenvalue weighted by molar-refractivity contribution is 0.163. The minimum absolute atomic E-state index is 0.174. The summed E-state index contributed by atoms with van der Waals surface area (Å²) in [5, 5.41) is 14.5. The van der Waals surface area contributed by atoms with E-state index in [0.717, 1.165) is 6.07 Å². The van der Waals surface area contributed by atoms with E-state index in [1.807, 2.05) is 6.92 Å². The normalized spacial score (nSPS) is 13.6. The molecule has 0 radical (unpaired) electrons. The van der Waals surface area contributed by atoms with Crippen LogP contribution in [0.15, 0.2) is 18.2 Å². The molecular weight excluding hydrogens is 278 g/mol. The summed E-state index contributed by atoms with van der Waals surface area (Å²) in [6, 6.07) is 2.97. The van der Waals surface area contributed by atoms with Gasteiger partial charge >= 0.3 is 6.03 Å². The summed E-state index contributed by atoms with van der Waals surface area (Å²) in [7, 11) is 0. The summed E-state index contributed by atoms with van der Waals surface area (Å²) in [4.78, 5) is 11.5. The van der Waals surface area contributed by atoms with Crippen molar-refractivity contribution in [3.8, 4) is 0 Å². The first-order valence-corrected chi connectivity index (χ1v) is 7.01. The zero-order valence-corrected chi connectivity index (χ0v) is 12.3. The molecule has 0 aliphatic heterocycles. The molecule has 0 spiro atoms. The predicted molar refractivity (Wildman–Crippen MR) is 76.9 cm³/mol. The maximum atomic E-state index is 13.0. The lowest BCUT2D eigenvalue weighted by atomic mass is 10.1. The molecule has 0 fully saturated rings. The summed E-state index contributed by atoms with van der Waals surface area (Å²) >= 11 is 0. The molecule has 118 valence electrons. The van der Waals surface area contributed by atoms with Gasteiger partial charge in [-0.2, -0.15) is 0 Å². The van der Waals surface area contributed by atoms with Crippen LogP contribution in [0.3, 0.4) is 0 Å². The lowest BCUT2D eigenvalue weighted by Crippen LogP contribution is -2.39. The maximum Gasteiger partial charge on any atom is 0.314 e. The van der Waals surface area contributed by atoms with Crippen molar-refractivity contribution in [3.63, 3.8) is 0 Å². The van der Waals surface area contributed by atoms with E-state index in [2.05, 4.69) is 10.6 Å². The van der Waals surface area contributed by atoms with Crippen molar-refractivity contribution in [1.29, 1.82) is 0 Å². The second-order valence-corrected chi connectivity index (χ2v) is 5.35. The van der Waals surface area contributed by atoms with Gasteiger partial charge in [-0.3, -0.25) is 0 Å². The Kier molecular flexibility index (Phi) is 7.08. The fourth-order valence-corrected chi connectivity index (χ4v) is 2.07. The van der Waals surface area contributed by atoms with Crippen LogP contribution in [0.4, 0.5) is 13.6 Å². The number of carbonyl (C=O) groups is 1. The SMILES string of the molecule is CC(O)CC(C)CNC(=O)NCCc1cc(F)cc(F)c1. The molecule has 1 rings (SSSR count). The van der Waals surface area contributed by atoms with Crippen molar-refractivity contribution in [2.24, 2.45) is 5.92 Å². The van der Waals surface area contributed by atoms with Crippen LogP contribution in [0.25, 0.3) is 0 Å². The molecule has 1 aromatic carbocycles. The fourth-order valence-electron chi connectivity index (χ4n) is 2.07. The van der Waals surface area contributed by atoms with Gasteiger partial charge in [0.15, 0.2) is 0 Å². The number of rotatable bonds is 7. The van der Waals surface area contributed by atoms with Crippen LogP contribution in [0.1, 0.15) is 25.8 Å². The molecule has 2 amide bonds. The van der Waals surface area contributed by atoms with Crippen LogP contribution in [-0.2, 0) is 6.42 Å². The Labute approximate surface area is 123 Å². The molecule has 1 aromatic rings. The Balaban J connectivity index is 2.24. The Morgan fingerprint density at radius 2 is 1.81 bits per heavy atom. The summed E-state index contributed by atoms with van der Waals surface area (Å²) < 4.78 is 25.9. The highest BCUT2D eigenvalue weighted by Gasteiger charge is 2.08. The molecule has 2 atom stereocenters. The molecule has 2 unspecified atom stereocenters. The standard InChI is InChI=1S/C15H22F2N2O2/c1-10(5-11(2)20)9-19-15(21)18-4-3-12-6-13(16)8-14(17)7-12/h6-8,10-11,20H,3-5,9H2,1-2H3,(H2,18,19,21). The van der Waals surface area contributed by atoms with Crippen molar-refractivity contribution in [2.45, 2.75) is 32.8 Å². The highest BCUT2D eigenvalue weighted by Crippen LogP contribution is 2.08. The summed E-state index contributed by atoms with van der Waals surface area (Å²) in [5.41, 5.74) is 0.496. The van der Waals surface area contributed by atoms with E-state index in [9.17, 15) is 18.7 Å². The number of carbonyl (C=O) groups excluding carboxylic acids is 1. The number of hydrogen-bond donors (Lipinski definition) is 3. The Bertz CT molecular complexity index is 447. The third kappa shape index (κ3) is 7.60. The van der Waals surface area contributed by atoms with Gasteiger partial charge in [-0.05, 0) is 43.4 Å². The summed E-state index contributed by atoms with van der Waals surface area (Å²) in [6.07, 6.45) is 0.571. The molecule has 0 heterocycles. The van der Waals surface area contributed by atoms with Gasteiger partial charge in [0, 0.05) is 19.2 Å². The Hall–Kier alpha value is -1.69. The Morgan fingerprint density at radius 3 is 2.38 bits per heavy atom. The van der Waals surface area contributed by atoms with Gasteiger partial charge in [0.2, 0.25) is 0 Å². The third-order valence-electron chi connectivity index (χ3n) is 2.98. The zero-order chi connectivity index (χ0) is 15.8. The molecule has 21 heavy (non-hydrogen) atoms. The van der Waals surface area contributed by atoms with Crippen LogP contribution in [0.2, 0.25) is 0 Å². The number of aliphatic hydroxyl groups excluding tert-OH is 1. The second-order valence-electron chi connectivity index (χ2n) is 5.35. The van der Waals surface area contributed by atoms with E-state index in [4.69, 9.17) is 0 Å². The van der Waals surface area contributed by atoms with Crippen LogP contribution in [-0.4, -0.2) is 30.3 Å². The van der Waals surface area contributed by atoms with Crippen molar-refractivity contribution in [1.82, 2.24) is 10.6 Å². The molecule has 0 saturated carbocycles. The van der Waals surface area contributed by atoms with E-state index in [0.29, 0.717) is 31.5 Å². The van der Waals surface area contributed by atoms with Crippen LogP contribution >= 0.6 is 0 Å². The highest BCUT2D eigenvalue weighted by molar-refractivity contribution is 5.73. The zero-order valence-electron chi connectivity index (χ0n) is 12.3. The molecule has 0 aliphatic rings. The van der Waals surface area contributed by atoms with E-state index in [1.54, 1.807) is 6.92 Å². The first-order valence-electron chi connectivity index (χ1n) is 7.01. The largest absolute Gasteiger partial charge is 0.393 e. The average Bonchev–Trinajstić information content (AvgIpc) is 2.34. The van der Waals surface area contributed by atoms with Gasteiger partial charge in [-0.25, -0.2) is 13.6 Å². The molecule has 4 nitrogen and oxygen atoms in total. The minimum Gasteiger partial charge on any atom is -0.393 e. The highest BCUT2D eigenvalue weighted by atomic mass is 19.1. The van der Waals surface area contributed by atoms with Gasteiger partial charge in [0.1, 0.15) is 11.6 Å². The summed E-state index contributed by atoms with van der Waals surface area (Å²) in [6.45, 7) is 4.39. The van der Waals surface area contributed by atoms with Crippen molar-refractivity contribution >= 4 is 6.03 Å². The van der Waals surface area contributed by atoms with E-state index < -0.39 is 17.7 Å². The molecule has 0 saturated heterocycles. The third-order valence-corrected chi connectivity index (χ3v) is 2.98. The molecule has 0 aliphatic carbocycles. The van der Waals surface area contributed by atoms with Gasteiger partial charge in [-0.15, -0.1) is 0 Å². The topological polar surface area (TPSA) is 61.4 Å². The molecule has 3 N–H and O–H groups in total. The average molecular weight is 300 g/mol. The lowest BCUT2D eigenvalue weighted by Gasteiger charge is -2.14.